The molecule has 1 fully saturated rings. The second-order valence-corrected chi connectivity index (χ2v) is 7.16. The predicted molar refractivity (Wildman–Crippen MR) is 98.7 cm³/mol. The summed E-state index contributed by atoms with van der Waals surface area (Å²) in [6.07, 6.45) is 4.97. The van der Waals surface area contributed by atoms with Crippen LogP contribution in [0.5, 0.6) is 0 Å². The maximum Gasteiger partial charge on any atom is 0.408 e. The summed E-state index contributed by atoms with van der Waals surface area (Å²) in [4.78, 5) is 12.4. The predicted octanol–water partition coefficient (Wildman–Crippen LogP) is 5.53. The lowest BCUT2D eigenvalue weighted by atomic mass is 9.76. The lowest BCUT2D eigenvalue weighted by Gasteiger charge is -2.38. The number of hydrogen-bond donors (Lipinski definition) is 1. The first-order chi connectivity index (χ1) is 11.7. The smallest absolute Gasteiger partial charge is 0.408 e. The Morgan fingerprint density at radius 1 is 1.00 bits per heavy atom. The summed E-state index contributed by atoms with van der Waals surface area (Å²) in [5.74, 6) is 0. The van der Waals surface area contributed by atoms with E-state index in [1.54, 1.807) is 0 Å². The number of hydrogen-bond acceptors (Lipinski definition) is 2. The maximum atomic E-state index is 12.4. The van der Waals surface area contributed by atoms with Crippen LogP contribution in [0.3, 0.4) is 0 Å². The molecule has 0 heterocycles. The van der Waals surface area contributed by atoms with Crippen molar-refractivity contribution in [2.24, 2.45) is 0 Å². The number of alkyl carbamates (subject to hydrolysis) is 1. The van der Waals surface area contributed by atoms with E-state index in [4.69, 9.17) is 4.74 Å². The van der Waals surface area contributed by atoms with Crippen molar-refractivity contribution in [1.82, 2.24) is 5.32 Å². The fourth-order valence-corrected chi connectivity index (χ4v) is 4.09. The van der Waals surface area contributed by atoms with Crippen molar-refractivity contribution < 1.29 is 9.53 Å². The Morgan fingerprint density at radius 2 is 1.67 bits per heavy atom. The van der Waals surface area contributed by atoms with E-state index in [1.165, 1.54) is 6.42 Å². The van der Waals surface area contributed by atoms with Gasteiger partial charge in [-0.2, -0.15) is 0 Å². The van der Waals surface area contributed by atoms with E-state index < -0.39 is 0 Å². The van der Waals surface area contributed by atoms with E-state index in [1.807, 2.05) is 48.5 Å². The Labute approximate surface area is 151 Å². The molecular formula is C20H22BrNO2. The van der Waals surface area contributed by atoms with Crippen LogP contribution >= 0.6 is 15.9 Å². The number of nitrogens with one attached hydrogen (secondary N) is 1. The molecule has 3 rings (SSSR count). The summed E-state index contributed by atoms with van der Waals surface area (Å²) >= 11 is 3.64. The molecule has 0 bridgehead atoms. The monoisotopic (exact) mass is 387 g/mol. The SMILES string of the molecule is O=C(NC1(c2ccccc2Br)CCCCC1)OCc1ccccc1. The highest BCUT2D eigenvalue weighted by molar-refractivity contribution is 9.10. The number of carbonyl (C=O) groups excluding carboxylic acids is 1. The average molecular weight is 388 g/mol. The number of carbonyl (C=O) groups is 1. The van der Waals surface area contributed by atoms with Crippen LogP contribution in [0.15, 0.2) is 59.1 Å². The van der Waals surface area contributed by atoms with E-state index >= 15 is 0 Å². The molecule has 0 spiro atoms. The third-order valence-corrected chi connectivity index (χ3v) is 5.34. The fraction of sp³-hybridized carbons (Fsp3) is 0.350. The normalized spacial score (nSPS) is 16.4. The van der Waals surface area contributed by atoms with Crippen LogP contribution in [0, 0.1) is 0 Å². The molecule has 2 aromatic carbocycles. The zero-order valence-electron chi connectivity index (χ0n) is 13.6. The van der Waals surface area contributed by atoms with Gasteiger partial charge in [-0.15, -0.1) is 0 Å². The zero-order chi connectivity index (χ0) is 16.8. The molecule has 24 heavy (non-hydrogen) atoms. The van der Waals surface area contributed by atoms with Crippen LogP contribution in [0.1, 0.15) is 43.2 Å². The minimum Gasteiger partial charge on any atom is -0.445 e. The summed E-state index contributed by atoms with van der Waals surface area (Å²) < 4.78 is 6.49. The Hall–Kier alpha value is -1.81. The van der Waals surface area contributed by atoms with Gasteiger partial charge in [0, 0.05) is 4.47 Å². The third kappa shape index (κ3) is 3.99. The molecule has 1 amide bonds. The first-order valence-electron chi connectivity index (χ1n) is 8.43. The highest BCUT2D eigenvalue weighted by atomic mass is 79.9. The van der Waals surface area contributed by atoms with Gasteiger partial charge in [-0.1, -0.05) is 83.7 Å². The van der Waals surface area contributed by atoms with Gasteiger partial charge in [0.15, 0.2) is 0 Å². The summed E-state index contributed by atoms with van der Waals surface area (Å²) in [7, 11) is 0. The topological polar surface area (TPSA) is 38.3 Å². The van der Waals surface area contributed by atoms with Gasteiger partial charge in [0.1, 0.15) is 6.61 Å². The summed E-state index contributed by atoms with van der Waals surface area (Å²) in [5, 5.41) is 3.17. The van der Waals surface area contributed by atoms with Crippen molar-refractivity contribution in [2.75, 3.05) is 0 Å². The molecule has 3 nitrogen and oxygen atoms in total. The van der Waals surface area contributed by atoms with Gasteiger partial charge in [-0.25, -0.2) is 4.79 Å². The number of halogens is 1. The maximum absolute atomic E-state index is 12.4. The number of benzene rings is 2. The van der Waals surface area contributed by atoms with E-state index in [2.05, 4.69) is 27.3 Å². The standard InChI is InChI=1S/C20H22BrNO2/c21-18-12-6-5-11-17(18)20(13-7-2-8-14-20)22-19(23)24-15-16-9-3-1-4-10-16/h1,3-6,9-12H,2,7-8,13-15H2,(H,22,23). The van der Waals surface area contributed by atoms with Crippen LogP contribution < -0.4 is 5.32 Å². The molecule has 0 aromatic heterocycles. The van der Waals surface area contributed by atoms with Crippen molar-refractivity contribution in [2.45, 2.75) is 44.2 Å². The summed E-state index contributed by atoms with van der Waals surface area (Å²) in [6, 6.07) is 17.9. The first kappa shape index (κ1) is 17.0. The number of amides is 1. The Bertz CT molecular complexity index is 681. The lowest BCUT2D eigenvalue weighted by molar-refractivity contribution is 0.117. The van der Waals surface area contributed by atoms with Gasteiger partial charge < -0.3 is 10.1 Å². The largest absolute Gasteiger partial charge is 0.445 e. The molecule has 2 aromatic rings. The molecule has 1 aliphatic rings. The van der Waals surface area contributed by atoms with Gasteiger partial charge in [0.05, 0.1) is 5.54 Å². The molecule has 0 atom stereocenters. The fourth-order valence-electron chi connectivity index (χ4n) is 3.42. The van der Waals surface area contributed by atoms with Gasteiger partial charge in [0.2, 0.25) is 0 Å². The van der Waals surface area contributed by atoms with Crippen LogP contribution in [0.2, 0.25) is 0 Å². The molecule has 0 saturated heterocycles. The second kappa shape index (κ2) is 7.84. The molecule has 1 aliphatic carbocycles. The molecule has 0 radical (unpaired) electrons. The highest BCUT2D eigenvalue weighted by Gasteiger charge is 2.37. The molecule has 126 valence electrons. The Kier molecular flexibility index (Phi) is 5.56. The highest BCUT2D eigenvalue weighted by Crippen LogP contribution is 2.40. The van der Waals surface area contributed by atoms with Gasteiger partial charge in [0.25, 0.3) is 0 Å². The Balaban J connectivity index is 1.73. The molecule has 1 N–H and O–H groups in total. The van der Waals surface area contributed by atoms with Crippen LogP contribution in [-0.2, 0) is 16.9 Å². The minimum absolute atomic E-state index is 0.290. The van der Waals surface area contributed by atoms with Crippen LogP contribution in [-0.4, -0.2) is 6.09 Å². The molecule has 1 saturated carbocycles. The van der Waals surface area contributed by atoms with E-state index in [0.29, 0.717) is 6.61 Å². The number of rotatable bonds is 4. The second-order valence-electron chi connectivity index (χ2n) is 6.31. The van der Waals surface area contributed by atoms with E-state index in [-0.39, 0.29) is 11.6 Å². The minimum atomic E-state index is -0.350. The summed E-state index contributed by atoms with van der Waals surface area (Å²) in [5.41, 5.74) is 1.79. The summed E-state index contributed by atoms with van der Waals surface area (Å²) in [6.45, 7) is 0.290. The van der Waals surface area contributed by atoms with Crippen molar-refractivity contribution in [1.29, 1.82) is 0 Å². The average Bonchev–Trinajstić information content (AvgIpc) is 2.62. The first-order valence-corrected chi connectivity index (χ1v) is 9.23. The van der Waals surface area contributed by atoms with Crippen molar-refractivity contribution >= 4 is 22.0 Å². The van der Waals surface area contributed by atoms with Crippen LogP contribution in [0.4, 0.5) is 4.79 Å². The van der Waals surface area contributed by atoms with E-state index in [0.717, 1.165) is 41.3 Å². The number of ether oxygens (including phenoxy) is 1. The Morgan fingerprint density at radius 3 is 2.38 bits per heavy atom. The molecule has 4 heteroatoms. The zero-order valence-corrected chi connectivity index (χ0v) is 15.2. The third-order valence-electron chi connectivity index (χ3n) is 4.65. The van der Waals surface area contributed by atoms with Gasteiger partial charge in [-0.3, -0.25) is 0 Å². The van der Waals surface area contributed by atoms with Crippen molar-refractivity contribution in [3.05, 3.63) is 70.2 Å². The van der Waals surface area contributed by atoms with Crippen molar-refractivity contribution in [3.63, 3.8) is 0 Å². The van der Waals surface area contributed by atoms with Crippen LogP contribution in [0.25, 0.3) is 0 Å². The van der Waals surface area contributed by atoms with Crippen molar-refractivity contribution in [3.8, 4) is 0 Å². The lowest BCUT2D eigenvalue weighted by Crippen LogP contribution is -2.47. The van der Waals surface area contributed by atoms with Gasteiger partial charge in [-0.05, 0) is 30.0 Å². The molecule has 0 unspecified atom stereocenters. The van der Waals surface area contributed by atoms with E-state index in [9.17, 15) is 4.79 Å². The van der Waals surface area contributed by atoms with Gasteiger partial charge >= 0.3 is 6.09 Å². The quantitative estimate of drug-likeness (QED) is 0.748. The molecule has 0 aliphatic heterocycles. The molecular weight excluding hydrogens is 366 g/mol.